The lowest BCUT2D eigenvalue weighted by molar-refractivity contribution is 0.227. The average molecular weight is 320 g/mol. The normalized spacial score (nSPS) is 19.4. The summed E-state index contributed by atoms with van der Waals surface area (Å²) in [6, 6.07) is 8.26. The summed E-state index contributed by atoms with van der Waals surface area (Å²) in [5.41, 5.74) is 2.81. The number of ether oxygens (including phenoxy) is 1. The molecule has 0 saturated heterocycles. The third-order valence-electron chi connectivity index (χ3n) is 4.23. The van der Waals surface area contributed by atoms with Gasteiger partial charge >= 0.3 is 0 Å². The molecule has 2 aromatic rings. The summed E-state index contributed by atoms with van der Waals surface area (Å²) >= 11 is 8.00. The second-order valence-corrected chi connectivity index (χ2v) is 7.50. The summed E-state index contributed by atoms with van der Waals surface area (Å²) < 4.78 is 5.94. The molecule has 1 N–H and O–H groups in total. The van der Waals surface area contributed by atoms with Crippen LogP contribution in [0.15, 0.2) is 24.3 Å². The Morgan fingerprint density at radius 1 is 1.24 bits per heavy atom. The summed E-state index contributed by atoms with van der Waals surface area (Å²) in [5.74, 6) is 0.987. The van der Waals surface area contributed by atoms with Gasteiger partial charge in [-0.1, -0.05) is 11.6 Å². The van der Waals surface area contributed by atoms with E-state index in [0.29, 0.717) is 0 Å². The van der Waals surface area contributed by atoms with Gasteiger partial charge in [0.05, 0.1) is 0 Å². The molecule has 0 saturated carbocycles. The standard InChI is InChI=1S/C17H18ClNOS/c18-13-4-5-16-12(6-13)7-14(20-16)9-19-10-15-8-11-2-1-3-17(11)21-15/h4-6,8,14,19H,1-3,7,9-10H2. The molecule has 110 valence electrons. The average Bonchev–Trinajstić information content (AvgIpc) is 3.11. The first-order valence-corrected chi connectivity index (χ1v) is 8.73. The molecule has 0 bridgehead atoms. The molecule has 0 amide bonds. The molecule has 2 heterocycles. The van der Waals surface area contributed by atoms with Crippen LogP contribution in [0.5, 0.6) is 5.75 Å². The van der Waals surface area contributed by atoms with Gasteiger partial charge in [-0.2, -0.15) is 0 Å². The Bertz CT molecular complexity index is 645. The Hall–Kier alpha value is -1.03. The van der Waals surface area contributed by atoms with Gasteiger partial charge in [-0.05, 0) is 54.7 Å². The number of nitrogens with one attached hydrogen (secondary N) is 1. The van der Waals surface area contributed by atoms with Crippen LogP contribution in [0.2, 0.25) is 5.02 Å². The first kappa shape index (κ1) is 13.6. The van der Waals surface area contributed by atoms with Crippen LogP contribution in [-0.2, 0) is 25.8 Å². The highest BCUT2D eigenvalue weighted by molar-refractivity contribution is 7.12. The van der Waals surface area contributed by atoms with Gasteiger partial charge in [-0.3, -0.25) is 0 Å². The minimum atomic E-state index is 0.227. The maximum atomic E-state index is 6.02. The van der Waals surface area contributed by atoms with Crippen molar-refractivity contribution in [3.05, 3.63) is 50.2 Å². The maximum Gasteiger partial charge on any atom is 0.123 e. The van der Waals surface area contributed by atoms with Crippen LogP contribution < -0.4 is 10.1 Å². The van der Waals surface area contributed by atoms with Gasteiger partial charge in [-0.25, -0.2) is 0 Å². The molecule has 0 spiro atoms. The molecule has 1 aromatic carbocycles. The third-order valence-corrected chi connectivity index (χ3v) is 5.70. The smallest absolute Gasteiger partial charge is 0.123 e. The van der Waals surface area contributed by atoms with Crippen molar-refractivity contribution in [1.82, 2.24) is 5.32 Å². The number of aryl methyl sites for hydroxylation is 2. The van der Waals surface area contributed by atoms with Gasteiger partial charge in [0.15, 0.2) is 0 Å². The lowest BCUT2D eigenvalue weighted by atomic mass is 10.1. The van der Waals surface area contributed by atoms with Crippen molar-refractivity contribution in [2.24, 2.45) is 0 Å². The lowest BCUT2D eigenvalue weighted by Crippen LogP contribution is -2.29. The molecule has 1 unspecified atom stereocenters. The topological polar surface area (TPSA) is 21.3 Å². The molecular formula is C17H18ClNOS. The van der Waals surface area contributed by atoms with E-state index in [2.05, 4.69) is 11.4 Å². The van der Waals surface area contributed by atoms with Crippen LogP contribution >= 0.6 is 22.9 Å². The van der Waals surface area contributed by atoms with Crippen molar-refractivity contribution in [3.8, 4) is 5.75 Å². The SMILES string of the molecule is Clc1ccc2c(c1)CC(CNCc1cc3c(s1)CCC3)O2. The van der Waals surface area contributed by atoms with Crippen molar-refractivity contribution in [3.63, 3.8) is 0 Å². The molecule has 2 nitrogen and oxygen atoms in total. The molecular weight excluding hydrogens is 302 g/mol. The molecule has 0 fully saturated rings. The van der Waals surface area contributed by atoms with Crippen molar-refractivity contribution < 1.29 is 4.74 Å². The van der Waals surface area contributed by atoms with E-state index in [1.165, 1.54) is 29.7 Å². The van der Waals surface area contributed by atoms with E-state index >= 15 is 0 Å². The van der Waals surface area contributed by atoms with E-state index in [-0.39, 0.29) is 6.10 Å². The fourth-order valence-corrected chi connectivity index (χ4v) is 4.66. The van der Waals surface area contributed by atoms with Crippen LogP contribution in [0.4, 0.5) is 0 Å². The summed E-state index contributed by atoms with van der Waals surface area (Å²) in [7, 11) is 0. The number of rotatable bonds is 4. The van der Waals surface area contributed by atoms with Gasteiger partial charge in [0, 0.05) is 34.3 Å². The molecule has 1 atom stereocenters. The number of hydrogen-bond acceptors (Lipinski definition) is 3. The second kappa shape index (κ2) is 5.64. The van der Waals surface area contributed by atoms with Gasteiger partial charge in [-0.15, -0.1) is 11.3 Å². The van der Waals surface area contributed by atoms with Gasteiger partial charge in [0.1, 0.15) is 11.9 Å². The maximum absolute atomic E-state index is 6.02. The highest BCUT2D eigenvalue weighted by atomic mass is 35.5. The second-order valence-electron chi connectivity index (χ2n) is 5.84. The van der Waals surface area contributed by atoms with Crippen molar-refractivity contribution in [1.29, 1.82) is 0 Å². The minimum Gasteiger partial charge on any atom is -0.488 e. The summed E-state index contributed by atoms with van der Waals surface area (Å²) in [6.07, 6.45) is 5.07. The van der Waals surface area contributed by atoms with E-state index in [0.717, 1.165) is 30.3 Å². The molecule has 4 rings (SSSR count). The Kier molecular flexibility index (Phi) is 3.66. The summed E-state index contributed by atoms with van der Waals surface area (Å²) in [5, 5.41) is 4.33. The quantitative estimate of drug-likeness (QED) is 0.920. The Balaban J connectivity index is 1.30. The van der Waals surface area contributed by atoms with Gasteiger partial charge < -0.3 is 10.1 Å². The minimum absolute atomic E-state index is 0.227. The van der Waals surface area contributed by atoms with Crippen molar-refractivity contribution in [2.75, 3.05) is 6.54 Å². The molecule has 21 heavy (non-hydrogen) atoms. The number of fused-ring (bicyclic) bond motifs is 2. The number of halogens is 1. The Morgan fingerprint density at radius 2 is 2.19 bits per heavy atom. The van der Waals surface area contributed by atoms with Crippen LogP contribution in [-0.4, -0.2) is 12.6 Å². The van der Waals surface area contributed by atoms with E-state index < -0.39 is 0 Å². The molecule has 1 aromatic heterocycles. The highest BCUT2D eigenvalue weighted by Crippen LogP contribution is 2.32. The third kappa shape index (κ3) is 2.83. The van der Waals surface area contributed by atoms with E-state index in [1.54, 1.807) is 10.4 Å². The number of benzene rings is 1. The monoisotopic (exact) mass is 319 g/mol. The van der Waals surface area contributed by atoms with Crippen LogP contribution in [0, 0.1) is 0 Å². The van der Waals surface area contributed by atoms with Gasteiger partial charge in [0.2, 0.25) is 0 Å². The number of hydrogen-bond donors (Lipinski definition) is 1. The van der Waals surface area contributed by atoms with E-state index in [9.17, 15) is 0 Å². The van der Waals surface area contributed by atoms with Crippen molar-refractivity contribution in [2.45, 2.75) is 38.3 Å². The molecule has 1 aliphatic heterocycles. The Morgan fingerprint density at radius 3 is 3.10 bits per heavy atom. The first-order chi connectivity index (χ1) is 10.3. The molecule has 0 radical (unpaired) electrons. The largest absolute Gasteiger partial charge is 0.488 e. The highest BCUT2D eigenvalue weighted by Gasteiger charge is 2.22. The van der Waals surface area contributed by atoms with E-state index in [1.807, 2.05) is 29.5 Å². The van der Waals surface area contributed by atoms with Crippen LogP contribution in [0.25, 0.3) is 0 Å². The first-order valence-electron chi connectivity index (χ1n) is 7.54. The fraction of sp³-hybridized carbons (Fsp3) is 0.412. The zero-order valence-electron chi connectivity index (χ0n) is 11.8. The van der Waals surface area contributed by atoms with Crippen molar-refractivity contribution >= 4 is 22.9 Å². The van der Waals surface area contributed by atoms with Gasteiger partial charge in [0.25, 0.3) is 0 Å². The predicted octanol–water partition coefficient (Wildman–Crippen LogP) is 3.98. The van der Waals surface area contributed by atoms with Crippen LogP contribution in [0.3, 0.4) is 0 Å². The lowest BCUT2D eigenvalue weighted by Gasteiger charge is -2.11. The molecule has 1 aliphatic carbocycles. The molecule has 2 aliphatic rings. The fourth-order valence-electron chi connectivity index (χ4n) is 3.24. The predicted molar refractivity (Wildman–Crippen MR) is 87.6 cm³/mol. The zero-order chi connectivity index (χ0) is 14.2. The Labute approximate surface area is 134 Å². The summed E-state index contributed by atoms with van der Waals surface area (Å²) in [4.78, 5) is 3.06. The van der Waals surface area contributed by atoms with E-state index in [4.69, 9.17) is 16.3 Å². The zero-order valence-corrected chi connectivity index (χ0v) is 13.4. The summed E-state index contributed by atoms with van der Waals surface area (Å²) in [6.45, 7) is 1.84. The number of thiophene rings is 1. The van der Waals surface area contributed by atoms with Crippen LogP contribution in [0.1, 0.15) is 27.3 Å². The molecule has 4 heteroatoms.